The van der Waals surface area contributed by atoms with Crippen LogP contribution in [0, 0.1) is 0 Å². The molecule has 0 saturated heterocycles. The van der Waals surface area contributed by atoms with E-state index in [9.17, 15) is 13.2 Å². The first kappa shape index (κ1) is 15.7. The average molecular weight is 285 g/mol. The summed E-state index contributed by atoms with van der Waals surface area (Å²) >= 11 is 0. The summed E-state index contributed by atoms with van der Waals surface area (Å²) in [6.07, 6.45) is 2.05. The van der Waals surface area contributed by atoms with Crippen LogP contribution in [-0.2, 0) is 19.6 Å². The average Bonchev–Trinajstić information content (AvgIpc) is 2.43. The first-order chi connectivity index (χ1) is 9.01. The highest BCUT2D eigenvalue weighted by atomic mass is 32.2. The van der Waals surface area contributed by atoms with Crippen molar-refractivity contribution in [1.29, 1.82) is 0 Å². The zero-order valence-electron chi connectivity index (χ0n) is 11.1. The number of sulfonamides is 1. The topological polar surface area (TPSA) is 72.5 Å². The molecule has 0 bridgehead atoms. The Bertz CT molecular complexity index is 499. The van der Waals surface area contributed by atoms with Crippen LogP contribution < -0.4 is 4.72 Å². The molecule has 0 radical (unpaired) electrons. The number of carbonyl (C=O) groups is 1. The van der Waals surface area contributed by atoms with Crippen molar-refractivity contribution in [3.63, 3.8) is 0 Å². The Morgan fingerprint density at radius 3 is 2.47 bits per heavy atom. The van der Waals surface area contributed by atoms with Gasteiger partial charge in [0.05, 0.1) is 12.0 Å². The van der Waals surface area contributed by atoms with Gasteiger partial charge >= 0.3 is 5.97 Å². The molecule has 1 rings (SSSR count). The molecular weight excluding hydrogens is 266 g/mol. The Kier molecular flexibility index (Phi) is 5.98. The second kappa shape index (κ2) is 7.25. The van der Waals surface area contributed by atoms with E-state index in [0.29, 0.717) is 6.42 Å². The monoisotopic (exact) mass is 285 g/mol. The SMILES string of the molecule is CCCCC(NS(=O)(=O)c1ccccc1)C(=O)OC. The van der Waals surface area contributed by atoms with Gasteiger partial charge in [-0.1, -0.05) is 38.0 Å². The van der Waals surface area contributed by atoms with E-state index in [0.717, 1.165) is 12.8 Å². The first-order valence-corrected chi connectivity index (χ1v) is 7.64. The van der Waals surface area contributed by atoms with Crippen LogP contribution in [-0.4, -0.2) is 27.5 Å². The molecule has 0 amide bonds. The summed E-state index contributed by atoms with van der Waals surface area (Å²) in [5, 5.41) is 0. The number of hydrogen-bond acceptors (Lipinski definition) is 4. The van der Waals surface area contributed by atoms with Gasteiger partial charge < -0.3 is 4.74 Å². The maximum Gasteiger partial charge on any atom is 0.323 e. The van der Waals surface area contributed by atoms with Crippen molar-refractivity contribution in [3.8, 4) is 0 Å². The number of nitrogens with one attached hydrogen (secondary N) is 1. The number of methoxy groups -OCH3 is 1. The minimum Gasteiger partial charge on any atom is -0.468 e. The van der Waals surface area contributed by atoms with Crippen LogP contribution in [0.1, 0.15) is 26.2 Å². The smallest absolute Gasteiger partial charge is 0.323 e. The Balaban J connectivity index is 2.86. The Morgan fingerprint density at radius 1 is 1.32 bits per heavy atom. The normalized spacial score (nSPS) is 12.9. The van der Waals surface area contributed by atoms with E-state index in [1.165, 1.54) is 19.2 Å². The summed E-state index contributed by atoms with van der Waals surface area (Å²) in [4.78, 5) is 11.7. The van der Waals surface area contributed by atoms with E-state index in [4.69, 9.17) is 0 Å². The fourth-order valence-electron chi connectivity index (χ4n) is 1.63. The first-order valence-electron chi connectivity index (χ1n) is 6.16. The van der Waals surface area contributed by atoms with Crippen LogP contribution >= 0.6 is 0 Å². The summed E-state index contributed by atoms with van der Waals surface area (Å²) in [5.74, 6) is -0.562. The second-order valence-corrected chi connectivity index (χ2v) is 5.87. The standard InChI is InChI=1S/C13H19NO4S/c1-3-4-10-12(13(15)18-2)14-19(16,17)11-8-6-5-7-9-11/h5-9,12,14H,3-4,10H2,1-2H3. The Morgan fingerprint density at radius 2 is 1.95 bits per heavy atom. The lowest BCUT2D eigenvalue weighted by Crippen LogP contribution is -2.41. The lowest BCUT2D eigenvalue weighted by Gasteiger charge is -2.16. The zero-order valence-corrected chi connectivity index (χ0v) is 11.9. The van der Waals surface area contributed by atoms with Gasteiger partial charge in [0.15, 0.2) is 0 Å². The number of esters is 1. The van der Waals surface area contributed by atoms with Crippen molar-refractivity contribution < 1.29 is 17.9 Å². The van der Waals surface area contributed by atoms with Crippen LogP contribution in [0.3, 0.4) is 0 Å². The van der Waals surface area contributed by atoms with Gasteiger partial charge in [0, 0.05) is 0 Å². The summed E-state index contributed by atoms with van der Waals surface area (Å²) in [6, 6.07) is 7.12. The molecule has 0 aromatic heterocycles. The maximum atomic E-state index is 12.1. The molecular formula is C13H19NO4S. The highest BCUT2D eigenvalue weighted by Gasteiger charge is 2.25. The molecule has 5 nitrogen and oxygen atoms in total. The number of hydrogen-bond donors (Lipinski definition) is 1. The van der Waals surface area contributed by atoms with Gasteiger partial charge in [-0.15, -0.1) is 0 Å². The molecule has 0 aliphatic heterocycles. The van der Waals surface area contributed by atoms with E-state index in [-0.39, 0.29) is 4.90 Å². The van der Waals surface area contributed by atoms with Gasteiger partial charge in [0.25, 0.3) is 0 Å². The van der Waals surface area contributed by atoms with Crippen molar-refractivity contribution in [2.45, 2.75) is 37.1 Å². The van der Waals surface area contributed by atoms with Gasteiger partial charge in [0.2, 0.25) is 10.0 Å². The highest BCUT2D eigenvalue weighted by molar-refractivity contribution is 7.89. The van der Waals surface area contributed by atoms with Gasteiger partial charge in [-0.25, -0.2) is 8.42 Å². The predicted octanol–water partition coefficient (Wildman–Crippen LogP) is 1.70. The largest absolute Gasteiger partial charge is 0.468 e. The molecule has 19 heavy (non-hydrogen) atoms. The molecule has 1 unspecified atom stereocenters. The molecule has 1 aromatic rings. The van der Waals surface area contributed by atoms with Crippen LogP contribution in [0.2, 0.25) is 0 Å². The summed E-state index contributed by atoms with van der Waals surface area (Å²) < 4.78 is 31.2. The molecule has 0 fully saturated rings. The highest BCUT2D eigenvalue weighted by Crippen LogP contribution is 2.11. The minimum atomic E-state index is -3.70. The zero-order chi connectivity index (χ0) is 14.3. The Labute approximate surface area is 114 Å². The maximum absolute atomic E-state index is 12.1. The van der Waals surface area contributed by atoms with Crippen molar-refractivity contribution in [2.75, 3.05) is 7.11 Å². The summed E-state index contributed by atoms with van der Waals surface area (Å²) in [6.45, 7) is 1.97. The van der Waals surface area contributed by atoms with Crippen LogP contribution in [0.15, 0.2) is 35.2 Å². The molecule has 1 atom stereocenters. The molecule has 0 aliphatic rings. The molecule has 106 valence electrons. The van der Waals surface area contributed by atoms with Crippen LogP contribution in [0.25, 0.3) is 0 Å². The van der Waals surface area contributed by atoms with E-state index in [1.807, 2.05) is 6.92 Å². The van der Waals surface area contributed by atoms with Crippen molar-refractivity contribution >= 4 is 16.0 Å². The van der Waals surface area contributed by atoms with E-state index < -0.39 is 22.0 Å². The number of ether oxygens (including phenoxy) is 1. The Hall–Kier alpha value is -1.40. The molecule has 0 aliphatic carbocycles. The molecule has 0 saturated carbocycles. The van der Waals surface area contributed by atoms with E-state index in [1.54, 1.807) is 18.2 Å². The van der Waals surface area contributed by atoms with Crippen molar-refractivity contribution in [3.05, 3.63) is 30.3 Å². The van der Waals surface area contributed by atoms with E-state index in [2.05, 4.69) is 9.46 Å². The van der Waals surface area contributed by atoms with Crippen LogP contribution in [0.4, 0.5) is 0 Å². The van der Waals surface area contributed by atoms with Gasteiger partial charge in [0.1, 0.15) is 6.04 Å². The summed E-state index contributed by atoms with van der Waals surface area (Å²) in [7, 11) is -2.45. The molecule has 0 spiro atoms. The van der Waals surface area contributed by atoms with Crippen molar-refractivity contribution in [2.24, 2.45) is 0 Å². The third-order valence-corrected chi connectivity index (χ3v) is 4.17. The molecule has 0 heterocycles. The quantitative estimate of drug-likeness (QED) is 0.774. The van der Waals surface area contributed by atoms with Gasteiger partial charge in [-0.05, 0) is 18.6 Å². The third kappa shape index (κ3) is 4.65. The number of unbranched alkanes of at least 4 members (excludes halogenated alkanes) is 1. The lowest BCUT2D eigenvalue weighted by atomic mass is 10.1. The van der Waals surface area contributed by atoms with Gasteiger partial charge in [-0.2, -0.15) is 4.72 Å². The summed E-state index contributed by atoms with van der Waals surface area (Å²) in [5.41, 5.74) is 0. The number of benzene rings is 1. The van der Waals surface area contributed by atoms with E-state index >= 15 is 0 Å². The lowest BCUT2D eigenvalue weighted by molar-refractivity contribution is -0.142. The molecule has 1 N–H and O–H groups in total. The van der Waals surface area contributed by atoms with Crippen LogP contribution in [0.5, 0.6) is 0 Å². The fourth-order valence-corrected chi connectivity index (χ4v) is 2.87. The van der Waals surface area contributed by atoms with Crippen molar-refractivity contribution in [1.82, 2.24) is 4.72 Å². The molecule has 6 heteroatoms. The van der Waals surface area contributed by atoms with Gasteiger partial charge in [-0.3, -0.25) is 4.79 Å². The fraction of sp³-hybridized carbons (Fsp3) is 0.462. The minimum absolute atomic E-state index is 0.139. The third-order valence-electron chi connectivity index (χ3n) is 2.68. The number of rotatable bonds is 7. The second-order valence-electron chi connectivity index (χ2n) is 4.15. The predicted molar refractivity (Wildman–Crippen MR) is 72.1 cm³/mol. The molecule has 1 aromatic carbocycles. The number of carbonyl (C=O) groups excluding carboxylic acids is 1.